The Morgan fingerprint density at radius 1 is 0.806 bits per heavy atom. The van der Waals surface area contributed by atoms with Gasteiger partial charge in [0.2, 0.25) is 0 Å². The number of benzene rings is 4. The molecule has 4 aromatic carbocycles. The van der Waals surface area contributed by atoms with Crippen molar-refractivity contribution < 1.29 is 19.0 Å². The summed E-state index contributed by atoms with van der Waals surface area (Å²) >= 11 is 6.10. The van der Waals surface area contributed by atoms with E-state index in [9.17, 15) is 4.79 Å². The average Bonchev–Trinajstić information content (AvgIpc) is 2.90. The summed E-state index contributed by atoms with van der Waals surface area (Å²) in [4.78, 5) is 12.3. The zero-order chi connectivity index (χ0) is 25.2. The standard InChI is InChI=1S/C29H27ClN2O4/c1-2-34-28-18-21(12-17-27(28)35-20-29(33)32-26-11-7-6-10-25(26)30)19-31-22-13-15-24(16-14-22)36-23-8-4-3-5-9-23/h3-18,31H,2,19-20H2,1H3,(H,32,33). The van der Waals surface area contributed by atoms with Crippen molar-refractivity contribution in [1.29, 1.82) is 0 Å². The van der Waals surface area contributed by atoms with Gasteiger partial charge in [0.25, 0.3) is 5.91 Å². The Hall–Kier alpha value is -4.16. The first kappa shape index (κ1) is 24.9. The predicted octanol–water partition coefficient (Wildman–Crippen LogP) is 7.16. The van der Waals surface area contributed by atoms with Crippen molar-refractivity contribution in [3.63, 3.8) is 0 Å². The number of ether oxygens (including phenoxy) is 3. The molecule has 0 bridgehead atoms. The second-order valence-corrected chi connectivity index (χ2v) is 8.23. The monoisotopic (exact) mass is 502 g/mol. The Morgan fingerprint density at radius 3 is 2.28 bits per heavy atom. The molecule has 0 atom stereocenters. The van der Waals surface area contributed by atoms with Crippen LogP contribution >= 0.6 is 11.6 Å². The average molecular weight is 503 g/mol. The van der Waals surface area contributed by atoms with E-state index in [1.165, 1.54) is 0 Å². The van der Waals surface area contributed by atoms with E-state index in [0.29, 0.717) is 35.4 Å². The molecule has 184 valence electrons. The zero-order valence-corrected chi connectivity index (χ0v) is 20.6. The summed E-state index contributed by atoms with van der Waals surface area (Å²) in [5, 5.41) is 6.61. The van der Waals surface area contributed by atoms with E-state index in [1.807, 2.05) is 79.7 Å². The Balaban J connectivity index is 1.32. The molecule has 0 aliphatic heterocycles. The van der Waals surface area contributed by atoms with Gasteiger partial charge in [-0.2, -0.15) is 0 Å². The topological polar surface area (TPSA) is 68.8 Å². The van der Waals surface area contributed by atoms with Gasteiger partial charge in [-0.05, 0) is 73.2 Å². The van der Waals surface area contributed by atoms with Crippen LogP contribution in [0.1, 0.15) is 12.5 Å². The molecule has 4 aromatic rings. The molecule has 4 rings (SSSR count). The highest BCUT2D eigenvalue weighted by molar-refractivity contribution is 6.33. The lowest BCUT2D eigenvalue weighted by atomic mass is 10.2. The number of rotatable bonds is 11. The SMILES string of the molecule is CCOc1cc(CNc2ccc(Oc3ccccc3)cc2)ccc1OCC(=O)Nc1ccccc1Cl. The largest absolute Gasteiger partial charge is 0.490 e. The molecule has 2 N–H and O–H groups in total. The van der Waals surface area contributed by atoms with Crippen LogP contribution in [0.5, 0.6) is 23.0 Å². The molecule has 0 radical (unpaired) electrons. The van der Waals surface area contributed by atoms with E-state index >= 15 is 0 Å². The highest BCUT2D eigenvalue weighted by Crippen LogP contribution is 2.29. The summed E-state index contributed by atoms with van der Waals surface area (Å²) < 4.78 is 17.3. The molecule has 6 nitrogen and oxygen atoms in total. The van der Waals surface area contributed by atoms with Gasteiger partial charge in [0.15, 0.2) is 18.1 Å². The van der Waals surface area contributed by atoms with Crippen molar-refractivity contribution >= 4 is 28.9 Å². The maximum Gasteiger partial charge on any atom is 0.262 e. The van der Waals surface area contributed by atoms with Crippen LogP contribution in [0.25, 0.3) is 0 Å². The number of para-hydroxylation sites is 2. The van der Waals surface area contributed by atoms with Gasteiger partial charge in [-0.15, -0.1) is 0 Å². The summed E-state index contributed by atoms with van der Waals surface area (Å²) in [6, 6.07) is 30.1. The molecule has 0 aliphatic carbocycles. The molecule has 0 aliphatic rings. The van der Waals surface area contributed by atoms with Gasteiger partial charge >= 0.3 is 0 Å². The molecule has 0 heterocycles. The van der Waals surface area contributed by atoms with Gasteiger partial charge in [0.05, 0.1) is 17.3 Å². The highest BCUT2D eigenvalue weighted by atomic mass is 35.5. The Morgan fingerprint density at radius 2 is 1.53 bits per heavy atom. The number of carbonyl (C=O) groups is 1. The number of anilines is 2. The number of amides is 1. The van der Waals surface area contributed by atoms with Gasteiger partial charge in [-0.25, -0.2) is 0 Å². The maximum absolute atomic E-state index is 12.3. The fourth-order valence-electron chi connectivity index (χ4n) is 3.41. The molecule has 0 aromatic heterocycles. The van der Waals surface area contributed by atoms with Crippen LogP contribution < -0.4 is 24.8 Å². The minimum atomic E-state index is -0.309. The molecule has 0 fully saturated rings. The molecule has 0 saturated heterocycles. The van der Waals surface area contributed by atoms with E-state index in [1.54, 1.807) is 24.3 Å². The van der Waals surface area contributed by atoms with E-state index in [-0.39, 0.29) is 12.5 Å². The van der Waals surface area contributed by atoms with Crippen LogP contribution in [-0.4, -0.2) is 19.1 Å². The molecule has 36 heavy (non-hydrogen) atoms. The van der Waals surface area contributed by atoms with Gasteiger partial charge in [0.1, 0.15) is 11.5 Å². The van der Waals surface area contributed by atoms with E-state index in [2.05, 4.69) is 10.6 Å². The lowest BCUT2D eigenvalue weighted by Gasteiger charge is -2.14. The summed E-state index contributed by atoms with van der Waals surface area (Å²) in [7, 11) is 0. The minimum Gasteiger partial charge on any atom is -0.490 e. The molecular formula is C29H27ClN2O4. The van der Waals surface area contributed by atoms with Crippen molar-refractivity contribution in [2.24, 2.45) is 0 Å². The van der Waals surface area contributed by atoms with Crippen molar-refractivity contribution in [3.8, 4) is 23.0 Å². The van der Waals surface area contributed by atoms with Crippen LogP contribution in [0, 0.1) is 0 Å². The van der Waals surface area contributed by atoms with Crippen LogP contribution in [-0.2, 0) is 11.3 Å². The lowest BCUT2D eigenvalue weighted by molar-refractivity contribution is -0.118. The number of hydrogen-bond acceptors (Lipinski definition) is 5. The molecule has 0 unspecified atom stereocenters. The fourth-order valence-corrected chi connectivity index (χ4v) is 3.59. The second kappa shape index (κ2) is 12.5. The molecular weight excluding hydrogens is 476 g/mol. The molecule has 0 saturated carbocycles. The fraction of sp³-hybridized carbons (Fsp3) is 0.138. The van der Waals surface area contributed by atoms with Crippen molar-refractivity contribution in [1.82, 2.24) is 0 Å². The zero-order valence-electron chi connectivity index (χ0n) is 19.9. The van der Waals surface area contributed by atoms with Gasteiger partial charge in [-0.1, -0.05) is 48.0 Å². The predicted molar refractivity (Wildman–Crippen MR) is 143 cm³/mol. The quantitative estimate of drug-likeness (QED) is 0.228. The molecule has 0 spiro atoms. The van der Waals surface area contributed by atoms with Crippen LogP contribution in [0.2, 0.25) is 5.02 Å². The highest BCUT2D eigenvalue weighted by Gasteiger charge is 2.11. The summed E-state index contributed by atoms with van der Waals surface area (Å²) in [6.07, 6.45) is 0. The smallest absolute Gasteiger partial charge is 0.262 e. The van der Waals surface area contributed by atoms with Crippen LogP contribution in [0.3, 0.4) is 0 Å². The molecule has 7 heteroatoms. The Labute approximate surface area is 215 Å². The number of hydrogen-bond donors (Lipinski definition) is 2. The first-order valence-electron chi connectivity index (χ1n) is 11.6. The van der Waals surface area contributed by atoms with Gasteiger partial charge < -0.3 is 24.8 Å². The third-order valence-corrected chi connectivity index (χ3v) is 5.47. The van der Waals surface area contributed by atoms with Gasteiger partial charge in [-0.3, -0.25) is 4.79 Å². The minimum absolute atomic E-state index is 0.166. The summed E-state index contributed by atoms with van der Waals surface area (Å²) in [5.74, 6) is 2.33. The Kier molecular flexibility index (Phi) is 8.67. The van der Waals surface area contributed by atoms with E-state index < -0.39 is 0 Å². The van der Waals surface area contributed by atoms with Crippen molar-refractivity contribution in [3.05, 3.63) is 108 Å². The van der Waals surface area contributed by atoms with Crippen molar-refractivity contribution in [2.75, 3.05) is 23.8 Å². The normalized spacial score (nSPS) is 10.4. The second-order valence-electron chi connectivity index (χ2n) is 7.82. The third-order valence-electron chi connectivity index (χ3n) is 5.14. The third kappa shape index (κ3) is 7.17. The van der Waals surface area contributed by atoms with Crippen LogP contribution in [0.4, 0.5) is 11.4 Å². The van der Waals surface area contributed by atoms with Crippen molar-refractivity contribution in [2.45, 2.75) is 13.5 Å². The summed E-state index contributed by atoms with van der Waals surface area (Å²) in [6.45, 7) is 2.80. The summed E-state index contributed by atoms with van der Waals surface area (Å²) in [5.41, 5.74) is 2.51. The van der Waals surface area contributed by atoms with E-state index in [4.69, 9.17) is 25.8 Å². The number of halogens is 1. The first-order chi connectivity index (χ1) is 17.6. The first-order valence-corrected chi connectivity index (χ1v) is 12.0. The molecule has 1 amide bonds. The number of carbonyl (C=O) groups excluding carboxylic acids is 1. The number of nitrogens with one attached hydrogen (secondary N) is 2. The Bertz CT molecular complexity index is 1280. The van der Waals surface area contributed by atoms with Gasteiger partial charge in [0, 0.05) is 12.2 Å². The van der Waals surface area contributed by atoms with Crippen LogP contribution in [0.15, 0.2) is 97.1 Å². The van der Waals surface area contributed by atoms with E-state index in [0.717, 1.165) is 22.7 Å². The lowest BCUT2D eigenvalue weighted by Crippen LogP contribution is -2.20. The maximum atomic E-state index is 12.3.